The molecule has 3 N–H and O–H groups in total. The van der Waals surface area contributed by atoms with Crippen LogP contribution in [0.2, 0.25) is 0 Å². The lowest BCUT2D eigenvalue weighted by atomic mass is 9.88. The summed E-state index contributed by atoms with van der Waals surface area (Å²) in [6.07, 6.45) is 7.62. The second-order valence-electron chi connectivity index (χ2n) is 8.39. The minimum Gasteiger partial charge on any atom is -0.395 e. The SMILES string of the molecule is CN(CCO)[C@H]1CCCC[C@@H]1Nc1cc(F)c(S(=O)(=O)Nc2nccs2)cc1C1CC1.Cl. The second kappa shape index (κ2) is 10.6. The first-order chi connectivity index (χ1) is 14.9. The standard InChI is InChI=1S/C21H29FN4O3S2.ClH/c1-26(9-10-27)19-5-3-2-4-17(19)24-18-13-16(22)20(12-15(18)14-6-7-14)31(28,29)25-21-23-8-11-30-21;/h8,11-14,17,19,24,27H,2-7,9-10H2,1H3,(H,23,25);1H/t17-,19-;/m0./s1. The van der Waals surface area contributed by atoms with Crippen LogP contribution in [0.25, 0.3) is 0 Å². The molecule has 0 unspecified atom stereocenters. The molecule has 0 spiro atoms. The summed E-state index contributed by atoms with van der Waals surface area (Å²) >= 11 is 1.15. The van der Waals surface area contributed by atoms with Crippen molar-refractivity contribution in [1.82, 2.24) is 9.88 Å². The number of aliphatic hydroxyl groups is 1. The Bertz CT molecular complexity index is 1000. The minimum absolute atomic E-state index is 0. The molecule has 0 radical (unpaired) electrons. The normalized spacial score (nSPS) is 21.2. The van der Waals surface area contributed by atoms with Crippen LogP contribution in [0, 0.1) is 5.82 Å². The molecule has 0 saturated heterocycles. The summed E-state index contributed by atoms with van der Waals surface area (Å²) < 4.78 is 43.0. The van der Waals surface area contributed by atoms with Gasteiger partial charge in [-0.25, -0.2) is 17.8 Å². The third-order valence-electron chi connectivity index (χ3n) is 6.15. The van der Waals surface area contributed by atoms with Crippen molar-refractivity contribution >= 4 is 44.6 Å². The lowest BCUT2D eigenvalue weighted by Gasteiger charge is -2.39. The van der Waals surface area contributed by atoms with E-state index < -0.39 is 15.8 Å². The molecule has 2 aliphatic carbocycles. The maximum atomic E-state index is 15.0. The molecule has 32 heavy (non-hydrogen) atoms. The average Bonchev–Trinajstić information content (AvgIpc) is 3.45. The zero-order valence-electron chi connectivity index (χ0n) is 18.0. The molecule has 2 fully saturated rings. The molecular weight excluding hydrogens is 475 g/mol. The number of halogens is 2. The van der Waals surface area contributed by atoms with Crippen molar-refractivity contribution in [3.8, 4) is 0 Å². The van der Waals surface area contributed by atoms with E-state index in [0.29, 0.717) is 12.2 Å². The summed E-state index contributed by atoms with van der Waals surface area (Å²) in [7, 11) is -2.06. The van der Waals surface area contributed by atoms with Crippen LogP contribution in [0.15, 0.2) is 28.6 Å². The molecule has 2 aliphatic rings. The summed E-state index contributed by atoms with van der Waals surface area (Å²) in [6.45, 7) is 0.687. The van der Waals surface area contributed by atoms with Crippen LogP contribution < -0.4 is 10.0 Å². The fourth-order valence-electron chi connectivity index (χ4n) is 4.41. The van der Waals surface area contributed by atoms with Crippen molar-refractivity contribution in [2.75, 3.05) is 30.2 Å². The Balaban J connectivity index is 0.00000289. The molecular formula is C21H30ClFN4O3S2. The second-order valence-corrected chi connectivity index (χ2v) is 10.9. The van der Waals surface area contributed by atoms with E-state index in [4.69, 9.17) is 0 Å². The number of hydrogen-bond donors (Lipinski definition) is 3. The van der Waals surface area contributed by atoms with Crippen LogP contribution in [-0.2, 0) is 10.0 Å². The van der Waals surface area contributed by atoms with Crippen molar-refractivity contribution in [2.45, 2.75) is 61.4 Å². The van der Waals surface area contributed by atoms with Crippen molar-refractivity contribution in [1.29, 1.82) is 0 Å². The Morgan fingerprint density at radius 2 is 2.00 bits per heavy atom. The fourth-order valence-corrected chi connectivity index (χ4v) is 6.29. The fraction of sp³-hybridized carbons (Fsp3) is 0.571. The summed E-state index contributed by atoms with van der Waals surface area (Å²) in [5.41, 5.74) is 1.54. The van der Waals surface area contributed by atoms with Gasteiger partial charge < -0.3 is 10.4 Å². The molecule has 2 atom stereocenters. The van der Waals surface area contributed by atoms with Crippen LogP contribution in [-0.4, -0.2) is 55.7 Å². The smallest absolute Gasteiger partial charge is 0.266 e. The van der Waals surface area contributed by atoms with Gasteiger partial charge in [-0.1, -0.05) is 12.8 Å². The van der Waals surface area contributed by atoms with Gasteiger partial charge in [0.25, 0.3) is 10.0 Å². The molecule has 0 bridgehead atoms. The van der Waals surface area contributed by atoms with Crippen molar-refractivity contribution < 1.29 is 17.9 Å². The minimum atomic E-state index is -4.06. The monoisotopic (exact) mass is 504 g/mol. The molecule has 0 aliphatic heterocycles. The average molecular weight is 505 g/mol. The molecule has 2 aromatic rings. The topological polar surface area (TPSA) is 94.6 Å². The van der Waals surface area contributed by atoms with Gasteiger partial charge in [0.2, 0.25) is 0 Å². The number of nitrogens with zero attached hydrogens (tertiary/aromatic N) is 2. The largest absolute Gasteiger partial charge is 0.395 e. The predicted octanol–water partition coefficient (Wildman–Crippen LogP) is 4.03. The summed E-state index contributed by atoms with van der Waals surface area (Å²) in [4.78, 5) is 5.75. The maximum Gasteiger partial charge on any atom is 0.266 e. The summed E-state index contributed by atoms with van der Waals surface area (Å²) in [5.74, 6) is -0.527. The number of hydrogen-bond acceptors (Lipinski definition) is 7. The zero-order chi connectivity index (χ0) is 22.0. The highest BCUT2D eigenvalue weighted by Gasteiger charge is 2.33. The first-order valence-corrected chi connectivity index (χ1v) is 13.1. The highest BCUT2D eigenvalue weighted by Crippen LogP contribution is 2.45. The Morgan fingerprint density at radius 3 is 2.66 bits per heavy atom. The van der Waals surface area contributed by atoms with Gasteiger partial charge in [-0.05, 0) is 56.3 Å². The lowest BCUT2D eigenvalue weighted by molar-refractivity contribution is 0.143. The van der Waals surface area contributed by atoms with Gasteiger partial charge in [-0.15, -0.1) is 23.7 Å². The Hall–Kier alpha value is -1.46. The number of nitrogens with one attached hydrogen (secondary N) is 2. The van der Waals surface area contributed by atoms with Gasteiger partial charge in [0.1, 0.15) is 10.7 Å². The number of benzene rings is 1. The number of anilines is 2. The Labute approximate surface area is 198 Å². The molecule has 11 heteroatoms. The first kappa shape index (κ1) is 25.2. The predicted molar refractivity (Wildman–Crippen MR) is 128 cm³/mol. The molecule has 7 nitrogen and oxygen atoms in total. The molecule has 1 aromatic carbocycles. The summed E-state index contributed by atoms with van der Waals surface area (Å²) in [6, 6.07) is 3.19. The highest BCUT2D eigenvalue weighted by molar-refractivity contribution is 7.93. The summed E-state index contributed by atoms with van der Waals surface area (Å²) in [5, 5.41) is 14.7. The van der Waals surface area contributed by atoms with E-state index >= 15 is 4.39 Å². The van der Waals surface area contributed by atoms with Gasteiger partial charge in [0.15, 0.2) is 5.13 Å². The number of aromatic nitrogens is 1. The van der Waals surface area contributed by atoms with Crippen LogP contribution in [0.4, 0.5) is 15.2 Å². The Kier molecular flexibility index (Phi) is 8.37. The zero-order valence-corrected chi connectivity index (χ0v) is 20.4. The van der Waals surface area contributed by atoms with E-state index in [0.717, 1.165) is 55.4 Å². The highest BCUT2D eigenvalue weighted by atomic mass is 35.5. The number of sulfonamides is 1. The van der Waals surface area contributed by atoms with Crippen LogP contribution >= 0.6 is 23.7 Å². The molecule has 4 rings (SSSR count). The molecule has 178 valence electrons. The van der Waals surface area contributed by atoms with Gasteiger partial charge in [0.05, 0.1) is 6.61 Å². The number of likely N-dealkylation sites (N-methyl/N-ethyl adjacent to an activating group) is 1. The number of thiazole rings is 1. The van der Waals surface area contributed by atoms with E-state index in [2.05, 4.69) is 19.9 Å². The van der Waals surface area contributed by atoms with E-state index in [9.17, 15) is 13.5 Å². The van der Waals surface area contributed by atoms with Crippen molar-refractivity contribution in [3.05, 3.63) is 35.1 Å². The third-order valence-corrected chi connectivity index (χ3v) is 8.33. The first-order valence-electron chi connectivity index (χ1n) is 10.7. The van der Waals surface area contributed by atoms with E-state index in [-0.39, 0.29) is 47.0 Å². The maximum absolute atomic E-state index is 15.0. The molecule has 1 heterocycles. The van der Waals surface area contributed by atoms with E-state index in [1.165, 1.54) is 18.3 Å². The third kappa shape index (κ3) is 5.72. The van der Waals surface area contributed by atoms with Crippen LogP contribution in [0.5, 0.6) is 0 Å². The van der Waals surface area contributed by atoms with Crippen molar-refractivity contribution in [3.63, 3.8) is 0 Å². The van der Waals surface area contributed by atoms with Crippen LogP contribution in [0.1, 0.15) is 50.0 Å². The van der Waals surface area contributed by atoms with E-state index in [1.807, 2.05) is 7.05 Å². The van der Waals surface area contributed by atoms with Gasteiger partial charge in [-0.2, -0.15) is 0 Å². The lowest BCUT2D eigenvalue weighted by Crippen LogP contribution is -2.48. The Morgan fingerprint density at radius 1 is 1.25 bits per heavy atom. The quantitative estimate of drug-likeness (QED) is 0.477. The number of aliphatic hydroxyl groups excluding tert-OH is 1. The van der Waals surface area contributed by atoms with Crippen LogP contribution in [0.3, 0.4) is 0 Å². The number of rotatable bonds is 9. The molecule has 1 aromatic heterocycles. The van der Waals surface area contributed by atoms with Gasteiger partial charge in [0, 0.05) is 35.9 Å². The van der Waals surface area contributed by atoms with Gasteiger partial charge >= 0.3 is 0 Å². The molecule has 0 amide bonds. The van der Waals surface area contributed by atoms with Crippen molar-refractivity contribution in [2.24, 2.45) is 0 Å². The van der Waals surface area contributed by atoms with Gasteiger partial charge in [-0.3, -0.25) is 9.62 Å². The molecule has 2 saturated carbocycles. The van der Waals surface area contributed by atoms with E-state index in [1.54, 1.807) is 5.38 Å².